The molecular weight excluding hydrogens is 305 g/mol. The monoisotopic (exact) mass is 316 g/mol. The van der Waals surface area contributed by atoms with Crippen molar-refractivity contribution >= 4 is 17.4 Å². The van der Waals surface area contributed by atoms with Crippen molar-refractivity contribution in [3.8, 4) is 6.07 Å². The minimum absolute atomic E-state index is 0.0153. The van der Waals surface area contributed by atoms with Crippen LogP contribution in [0.15, 0.2) is 18.2 Å². The largest absolute Gasteiger partial charge is 0.423 e. The van der Waals surface area contributed by atoms with Crippen molar-refractivity contribution in [3.63, 3.8) is 0 Å². The molecule has 7 nitrogen and oxygen atoms in total. The van der Waals surface area contributed by atoms with E-state index in [1.54, 1.807) is 6.92 Å². The van der Waals surface area contributed by atoms with Gasteiger partial charge in [-0.3, -0.25) is 10.1 Å². The zero-order valence-corrected chi connectivity index (χ0v) is 11.3. The van der Waals surface area contributed by atoms with E-state index >= 15 is 0 Å². The number of nitrogens with zero attached hydrogens (tertiary/aromatic N) is 2. The van der Waals surface area contributed by atoms with Crippen molar-refractivity contribution in [1.29, 1.82) is 5.26 Å². The van der Waals surface area contributed by atoms with E-state index < -0.39 is 34.3 Å². The minimum atomic E-state index is -4.92. The van der Waals surface area contributed by atoms with Gasteiger partial charge in [-0.15, -0.1) is 0 Å². The molecule has 1 atom stereocenters. The number of rotatable bonds is 4. The van der Waals surface area contributed by atoms with E-state index in [1.807, 2.05) is 6.07 Å². The van der Waals surface area contributed by atoms with Gasteiger partial charge in [0.1, 0.15) is 5.56 Å². The van der Waals surface area contributed by atoms with E-state index in [0.717, 1.165) is 6.07 Å². The van der Waals surface area contributed by atoms with Crippen LogP contribution in [0.1, 0.15) is 12.5 Å². The Balaban J connectivity index is 2.92. The zero-order chi connectivity index (χ0) is 16.9. The Morgan fingerprint density at radius 3 is 2.64 bits per heavy atom. The third-order valence-electron chi connectivity index (χ3n) is 2.55. The normalized spacial score (nSPS) is 12.1. The minimum Gasteiger partial charge on any atom is -0.337 e. The van der Waals surface area contributed by atoms with Gasteiger partial charge in [0, 0.05) is 18.3 Å². The molecule has 118 valence electrons. The Labute approximate surface area is 122 Å². The number of hydrogen-bond acceptors (Lipinski definition) is 4. The predicted molar refractivity (Wildman–Crippen MR) is 69.9 cm³/mol. The first-order chi connectivity index (χ1) is 10.1. The third kappa shape index (κ3) is 4.62. The van der Waals surface area contributed by atoms with Gasteiger partial charge in [0.05, 0.1) is 16.9 Å². The van der Waals surface area contributed by atoms with Crippen LogP contribution in [0, 0.1) is 27.4 Å². The van der Waals surface area contributed by atoms with E-state index in [2.05, 4.69) is 10.6 Å². The van der Waals surface area contributed by atoms with Gasteiger partial charge in [-0.05, 0) is 19.1 Å². The van der Waals surface area contributed by atoms with Gasteiger partial charge >= 0.3 is 12.2 Å². The number of alkyl halides is 3. The number of hydrogen-bond donors (Lipinski definition) is 2. The van der Waals surface area contributed by atoms with Gasteiger partial charge in [0.25, 0.3) is 5.69 Å². The molecule has 0 radical (unpaired) electrons. The van der Waals surface area contributed by atoms with Crippen LogP contribution in [0.2, 0.25) is 0 Å². The topological polar surface area (TPSA) is 108 Å². The molecular formula is C12H11F3N4O3. The fourth-order valence-electron chi connectivity index (χ4n) is 1.47. The molecule has 1 aromatic rings. The summed E-state index contributed by atoms with van der Waals surface area (Å²) in [5, 5.41) is 23.5. The summed E-state index contributed by atoms with van der Waals surface area (Å²) >= 11 is 0. The van der Waals surface area contributed by atoms with Crippen LogP contribution in [-0.2, 0) is 6.18 Å². The lowest BCUT2D eigenvalue weighted by atomic mass is 10.1. The Kier molecular flexibility index (Phi) is 5.28. The van der Waals surface area contributed by atoms with Crippen molar-refractivity contribution in [1.82, 2.24) is 5.32 Å². The summed E-state index contributed by atoms with van der Waals surface area (Å²) in [4.78, 5) is 20.9. The number of carbonyl (C=O) groups excluding carboxylic acids is 1. The highest BCUT2D eigenvalue weighted by Crippen LogP contribution is 2.37. The highest BCUT2D eigenvalue weighted by Gasteiger charge is 2.38. The molecule has 0 saturated heterocycles. The summed E-state index contributed by atoms with van der Waals surface area (Å²) < 4.78 is 38.3. The van der Waals surface area contributed by atoms with E-state index in [0.29, 0.717) is 12.1 Å². The van der Waals surface area contributed by atoms with Crippen LogP contribution in [0.25, 0.3) is 0 Å². The Morgan fingerprint density at radius 1 is 1.50 bits per heavy atom. The maximum Gasteiger partial charge on any atom is 0.423 e. The molecule has 0 heterocycles. The highest BCUT2D eigenvalue weighted by molar-refractivity contribution is 5.89. The van der Waals surface area contributed by atoms with E-state index in [1.165, 1.54) is 0 Å². The van der Waals surface area contributed by atoms with Crippen molar-refractivity contribution in [2.24, 2.45) is 5.92 Å². The van der Waals surface area contributed by atoms with E-state index in [9.17, 15) is 28.1 Å². The zero-order valence-electron chi connectivity index (χ0n) is 11.3. The maximum absolute atomic E-state index is 12.8. The molecule has 2 N–H and O–H groups in total. The van der Waals surface area contributed by atoms with Crippen LogP contribution in [0.4, 0.5) is 29.3 Å². The molecule has 1 aromatic carbocycles. The quantitative estimate of drug-likeness (QED) is 0.657. The molecule has 1 rings (SSSR count). The first-order valence-electron chi connectivity index (χ1n) is 5.95. The summed E-state index contributed by atoms with van der Waals surface area (Å²) in [6.07, 6.45) is -4.92. The van der Waals surface area contributed by atoms with Crippen molar-refractivity contribution in [2.45, 2.75) is 13.1 Å². The average Bonchev–Trinajstić information content (AvgIpc) is 2.43. The van der Waals surface area contributed by atoms with Crippen LogP contribution in [-0.4, -0.2) is 17.5 Å². The van der Waals surface area contributed by atoms with Crippen LogP contribution < -0.4 is 10.6 Å². The molecule has 0 aliphatic carbocycles. The van der Waals surface area contributed by atoms with Gasteiger partial charge in [0.15, 0.2) is 0 Å². The number of anilines is 1. The number of halogens is 3. The second-order valence-electron chi connectivity index (χ2n) is 4.35. The second kappa shape index (κ2) is 6.75. The highest BCUT2D eigenvalue weighted by atomic mass is 19.4. The fourth-order valence-corrected chi connectivity index (χ4v) is 1.47. The van der Waals surface area contributed by atoms with Gasteiger partial charge in [-0.25, -0.2) is 4.79 Å². The SMILES string of the molecule is C[C@@H](C#N)CNC(=O)Nc1ccc([N+](=O)[O-])c(C(F)(F)F)c1. The van der Waals surface area contributed by atoms with Crippen LogP contribution >= 0.6 is 0 Å². The Bertz CT molecular complexity index is 625. The molecule has 2 amide bonds. The van der Waals surface area contributed by atoms with Crippen molar-refractivity contribution in [2.75, 3.05) is 11.9 Å². The molecule has 10 heteroatoms. The molecule has 0 bridgehead atoms. The summed E-state index contributed by atoms with van der Waals surface area (Å²) in [7, 11) is 0. The molecule has 0 unspecified atom stereocenters. The number of amides is 2. The first kappa shape index (κ1) is 17.2. The van der Waals surface area contributed by atoms with E-state index in [-0.39, 0.29) is 12.2 Å². The first-order valence-corrected chi connectivity index (χ1v) is 5.95. The third-order valence-corrected chi connectivity index (χ3v) is 2.55. The van der Waals surface area contributed by atoms with Gasteiger partial charge in [-0.2, -0.15) is 18.4 Å². The molecule has 0 spiro atoms. The summed E-state index contributed by atoms with van der Waals surface area (Å²) in [5.74, 6) is -0.464. The molecule has 22 heavy (non-hydrogen) atoms. The average molecular weight is 316 g/mol. The maximum atomic E-state index is 12.8. The number of nitriles is 1. The number of nitrogens with one attached hydrogen (secondary N) is 2. The van der Waals surface area contributed by atoms with Gasteiger partial charge < -0.3 is 10.6 Å². The molecule has 0 aliphatic heterocycles. The molecule has 0 aliphatic rings. The number of nitro groups is 1. The van der Waals surface area contributed by atoms with Crippen LogP contribution in [0.3, 0.4) is 0 Å². The molecule has 0 aromatic heterocycles. The van der Waals surface area contributed by atoms with Gasteiger partial charge in [0.2, 0.25) is 0 Å². The lowest BCUT2D eigenvalue weighted by Gasteiger charge is -2.11. The smallest absolute Gasteiger partial charge is 0.337 e. The number of nitro benzene ring substituents is 1. The number of urea groups is 1. The van der Waals surface area contributed by atoms with Gasteiger partial charge in [-0.1, -0.05) is 0 Å². The number of benzene rings is 1. The summed E-state index contributed by atoms with van der Waals surface area (Å²) in [5.41, 5.74) is -2.81. The molecule has 0 fully saturated rings. The van der Waals surface area contributed by atoms with Crippen molar-refractivity contribution in [3.05, 3.63) is 33.9 Å². The van der Waals surface area contributed by atoms with Crippen LogP contribution in [0.5, 0.6) is 0 Å². The number of carbonyl (C=O) groups is 1. The standard InChI is InChI=1S/C12H11F3N4O3/c1-7(5-16)6-17-11(20)18-8-2-3-10(19(21)22)9(4-8)12(13,14)15/h2-4,7H,6H2,1H3,(H2,17,18,20)/t7-/m0/s1. The lowest BCUT2D eigenvalue weighted by molar-refractivity contribution is -0.388. The Hall–Kier alpha value is -2.83. The summed E-state index contributed by atoms with van der Waals surface area (Å²) in [6, 6.07) is 3.18. The van der Waals surface area contributed by atoms with Crippen molar-refractivity contribution < 1.29 is 22.9 Å². The summed E-state index contributed by atoms with van der Waals surface area (Å²) in [6.45, 7) is 1.56. The second-order valence-corrected chi connectivity index (χ2v) is 4.35. The van der Waals surface area contributed by atoms with E-state index in [4.69, 9.17) is 5.26 Å². The Morgan fingerprint density at radius 2 is 2.14 bits per heavy atom. The fraction of sp³-hybridized carbons (Fsp3) is 0.333. The molecule has 0 saturated carbocycles. The predicted octanol–water partition coefficient (Wildman–Crippen LogP) is 2.89. The lowest BCUT2D eigenvalue weighted by Crippen LogP contribution is -2.32.